The maximum absolute atomic E-state index is 11.4. The predicted molar refractivity (Wildman–Crippen MR) is 72.9 cm³/mol. The molecule has 1 atom stereocenters. The van der Waals surface area contributed by atoms with Gasteiger partial charge in [0.15, 0.2) is 0 Å². The van der Waals surface area contributed by atoms with E-state index in [0.717, 1.165) is 0 Å². The van der Waals surface area contributed by atoms with Gasteiger partial charge in [-0.05, 0) is 0 Å². The van der Waals surface area contributed by atoms with Gasteiger partial charge in [0.05, 0.1) is 0 Å². The molecule has 1 aliphatic rings. The third-order valence-corrected chi connectivity index (χ3v) is 28.4. The molecular formula is C13H24Cl2HfNOSi. The van der Waals surface area contributed by atoms with Crippen LogP contribution in [0.25, 0.3) is 0 Å². The molecule has 6 heteroatoms. The molecule has 0 saturated heterocycles. The summed E-state index contributed by atoms with van der Waals surface area (Å²) in [6, 6.07) is 0. The Bertz CT molecular complexity index is 407. The van der Waals surface area contributed by atoms with Crippen LogP contribution in [0.3, 0.4) is 0 Å². The molecule has 1 unspecified atom stereocenters. The van der Waals surface area contributed by atoms with Crippen molar-refractivity contribution in [1.29, 1.82) is 0 Å². The number of rotatable bonds is 3. The SMILES string of the molecule is CC(=O)[NH][Hf+2]([C]1=C(C)C(C)=C(C)C1C)[SiH](C)C.[Cl-].[Cl-]. The number of hydrogen-bond acceptors (Lipinski definition) is 1. The molecule has 0 bridgehead atoms. The van der Waals surface area contributed by atoms with Gasteiger partial charge in [0.25, 0.3) is 0 Å². The second kappa shape index (κ2) is 8.80. The van der Waals surface area contributed by atoms with Crippen LogP contribution in [0.15, 0.2) is 20.0 Å². The molecule has 0 aromatic rings. The fourth-order valence-corrected chi connectivity index (χ4v) is 25.1. The van der Waals surface area contributed by atoms with E-state index in [1.165, 1.54) is 16.7 Å². The van der Waals surface area contributed by atoms with Crippen LogP contribution < -0.4 is 28.1 Å². The summed E-state index contributed by atoms with van der Waals surface area (Å²) in [5.41, 5.74) is 4.47. The first kappa shape index (κ1) is 21.9. The third kappa shape index (κ3) is 4.83. The van der Waals surface area contributed by atoms with Crippen molar-refractivity contribution in [1.82, 2.24) is 3.30 Å². The molecule has 0 saturated carbocycles. The van der Waals surface area contributed by atoms with Gasteiger partial charge in [0.2, 0.25) is 0 Å². The fourth-order valence-electron chi connectivity index (χ4n) is 2.51. The Morgan fingerprint density at radius 2 is 1.63 bits per heavy atom. The maximum Gasteiger partial charge on any atom is -1.00 e. The number of amides is 1. The first-order chi connectivity index (χ1) is 7.77. The van der Waals surface area contributed by atoms with Crippen molar-refractivity contribution in [3.05, 3.63) is 20.0 Å². The van der Waals surface area contributed by atoms with Crippen LogP contribution in [0, 0.1) is 5.92 Å². The van der Waals surface area contributed by atoms with Crippen molar-refractivity contribution in [3.8, 4) is 0 Å². The number of nitrogens with one attached hydrogen (secondary N) is 1. The van der Waals surface area contributed by atoms with Crippen molar-refractivity contribution in [2.24, 2.45) is 5.92 Å². The van der Waals surface area contributed by atoms with E-state index in [9.17, 15) is 4.79 Å². The van der Waals surface area contributed by atoms with Crippen LogP contribution in [0.5, 0.6) is 0 Å². The summed E-state index contributed by atoms with van der Waals surface area (Å²) in [5.74, 6) is 0.0360. The van der Waals surface area contributed by atoms with Gasteiger partial charge in [-0.3, -0.25) is 0 Å². The molecule has 0 aromatic carbocycles. The summed E-state index contributed by atoms with van der Waals surface area (Å²) in [5, 5.41) is 0. The van der Waals surface area contributed by atoms with Gasteiger partial charge in [-0.25, -0.2) is 0 Å². The van der Waals surface area contributed by atoms with Crippen molar-refractivity contribution < 1.29 is 50.5 Å². The average molecular weight is 488 g/mol. The van der Waals surface area contributed by atoms with Gasteiger partial charge in [0.1, 0.15) is 0 Å². The Morgan fingerprint density at radius 1 is 1.16 bits per heavy atom. The topological polar surface area (TPSA) is 29.1 Å². The molecule has 1 rings (SSSR count). The summed E-state index contributed by atoms with van der Waals surface area (Å²) < 4.78 is 5.04. The van der Waals surface area contributed by atoms with Crippen molar-refractivity contribution in [2.75, 3.05) is 0 Å². The summed E-state index contributed by atoms with van der Waals surface area (Å²) in [4.78, 5) is 11.4. The van der Waals surface area contributed by atoms with Gasteiger partial charge >= 0.3 is 115 Å². The molecule has 1 aliphatic carbocycles. The Hall–Kier alpha value is 0.617. The van der Waals surface area contributed by atoms with Gasteiger partial charge in [0, 0.05) is 0 Å². The van der Waals surface area contributed by atoms with E-state index in [1.54, 1.807) is 10.3 Å². The Labute approximate surface area is 138 Å². The smallest absolute Gasteiger partial charge is 1.00 e. The summed E-state index contributed by atoms with van der Waals surface area (Å²) in [6.45, 7) is 15.5. The molecule has 109 valence electrons. The van der Waals surface area contributed by atoms with Crippen LogP contribution in [0.1, 0.15) is 34.6 Å². The first-order valence-electron chi connectivity index (χ1n) is 6.30. The monoisotopic (exact) mass is 488 g/mol. The maximum atomic E-state index is 11.4. The molecule has 1 N–H and O–H groups in total. The molecule has 0 aromatic heterocycles. The minimum absolute atomic E-state index is 0. The van der Waals surface area contributed by atoms with E-state index in [-0.39, 0.29) is 30.7 Å². The molecule has 0 aliphatic heterocycles. The Kier molecular flexibility index (Phi) is 10.2. The minimum atomic E-state index is -2.05. The summed E-state index contributed by atoms with van der Waals surface area (Å²) in [6.07, 6.45) is 0. The van der Waals surface area contributed by atoms with Crippen molar-refractivity contribution in [3.63, 3.8) is 0 Å². The van der Waals surface area contributed by atoms with Gasteiger partial charge < -0.3 is 24.8 Å². The zero-order valence-corrected chi connectivity index (χ0v) is 19.1. The van der Waals surface area contributed by atoms with Crippen molar-refractivity contribution >= 4 is 11.9 Å². The molecule has 0 fully saturated rings. The average Bonchev–Trinajstić information content (AvgIpc) is 2.40. The zero-order valence-electron chi connectivity index (χ0n) is 12.8. The molecule has 0 spiro atoms. The second-order valence-corrected chi connectivity index (χ2v) is 30.6. The van der Waals surface area contributed by atoms with Crippen LogP contribution in [0.2, 0.25) is 13.1 Å². The molecule has 19 heavy (non-hydrogen) atoms. The summed E-state index contributed by atoms with van der Waals surface area (Å²) >= 11 is -2.05. The predicted octanol–water partition coefficient (Wildman–Crippen LogP) is -3.09. The zero-order chi connectivity index (χ0) is 13.3. The molecule has 2 nitrogen and oxygen atoms in total. The fraction of sp³-hybridized carbons (Fsp3) is 0.615. The first-order valence-corrected chi connectivity index (χ1v) is 19.0. The van der Waals surface area contributed by atoms with Crippen molar-refractivity contribution in [2.45, 2.75) is 47.7 Å². The molecular weight excluding hydrogens is 464 g/mol. The van der Waals surface area contributed by atoms with Gasteiger partial charge in [-0.2, -0.15) is 0 Å². The van der Waals surface area contributed by atoms with E-state index >= 15 is 0 Å². The standard InChI is InChI=1S/C9H13.C2H5NO.C2H7Si.2ClH.Hf/c1-6-5-7(2)9(4)8(6)3;1-2(3)4;1-3-2;;;/h6H,1-4H3;1H3,(H2,3,4);3H,1-2H3;2*1H;/q;;;;;+3/p-3. The van der Waals surface area contributed by atoms with Crippen LogP contribution >= 0.6 is 0 Å². The van der Waals surface area contributed by atoms with E-state index in [2.05, 4.69) is 44.1 Å². The number of halogens is 2. The number of hydrogen-bond donors (Lipinski definition) is 1. The van der Waals surface area contributed by atoms with E-state index < -0.39 is 26.9 Å². The minimum Gasteiger partial charge on any atom is -1.00 e. The molecule has 1 amide bonds. The molecule has 0 heterocycles. The summed E-state index contributed by atoms with van der Waals surface area (Å²) in [7, 11) is 0. The van der Waals surface area contributed by atoms with Crippen LogP contribution in [-0.4, -0.2) is 11.9 Å². The molecule has 0 radical (unpaired) electrons. The van der Waals surface area contributed by atoms with E-state index in [4.69, 9.17) is 0 Å². The van der Waals surface area contributed by atoms with Crippen LogP contribution in [-0.2, 0) is 25.7 Å². The van der Waals surface area contributed by atoms with Crippen LogP contribution in [0.4, 0.5) is 0 Å². The number of carbonyl (C=O) groups is 1. The second-order valence-electron chi connectivity index (χ2n) is 5.32. The van der Waals surface area contributed by atoms with E-state index in [0.29, 0.717) is 5.92 Å². The van der Waals surface area contributed by atoms with Gasteiger partial charge in [-0.1, -0.05) is 0 Å². The number of carbonyl (C=O) groups excluding carboxylic acids is 1. The third-order valence-electron chi connectivity index (χ3n) is 3.82. The van der Waals surface area contributed by atoms with Gasteiger partial charge in [-0.15, -0.1) is 0 Å². The normalized spacial score (nSPS) is 18.2. The van der Waals surface area contributed by atoms with E-state index in [1.807, 2.05) is 0 Å². The quantitative estimate of drug-likeness (QED) is 0.420. The largest absolute Gasteiger partial charge is 1.00 e. The number of allylic oxidation sites excluding steroid dienone is 4. The Balaban J connectivity index is 0. The Morgan fingerprint density at radius 3 is 1.89 bits per heavy atom.